The molecule has 0 unspecified atom stereocenters. The van der Waals surface area contributed by atoms with Crippen LogP contribution in [0.3, 0.4) is 0 Å². The van der Waals surface area contributed by atoms with E-state index in [4.69, 9.17) is 0 Å². The summed E-state index contributed by atoms with van der Waals surface area (Å²) in [5.41, 5.74) is 0.990. The summed E-state index contributed by atoms with van der Waals surface area (Å²) in [6.07, 6.45) is 3.85. The van der Waals surface area contributed by atoms with E-state index in [0.717, 1.165) is 12.8 Å². The normalized spacial score (nSPS) is 15.7. The van der Waals surface area contributed by atoms with E-state index in [0.29, 0.717) is 24.2 Å². The highest BCUT2D eigenvalue weighted by atomic mass is 16.3. The number of rotatable bonds is 5. The van der Waals surface area contributed by atoms with Crippen LogP contribution < -0.4 is 5.32 Å². The lowest BCUT2D eigenvalue weighted by Crippen LogP contribution is -2.51. The first kappa shape index (κ1) is 19.6. The number of hydrogen-bond donors (Lipinski definition) is 2. The van der Waals surface area contributed by atoms with Crippen LogP contribution in [-0.2, 0) is 4.79 Å². The number of amides is 2. The molecule has 1 aromatic heterocycles. The lowest BCUT2D eigenvalue weighted by atomic mass is 10.0. The number of nitrogens with zero attached hydrogens (tertiary/aromatic N) is 2. The Morgan fingerprint density at radius 3 is 2.27 bits per heavy atom. The summed E-state index contributed by atoms with van der Waals surface area (Å²) in [6, 6.07) is 10.9. The number of nitrogens with one attached hydrogen (secondary N) is 1. The van der Waals surface area contributed by atoms with E-state index in [2.05, 4.69) is 10.3 Å². The number of benzene rings is 1. The number of aliphatic hydroxyl groups excluding tert-OH is 1. The highest BCUT2D eigenvalue weighted by molar-refractivity contribution is 5.97. The number of carbonyl (C=O) groups is 2. The first-order chi connectivity index (χ1) is 12.2. The van der Waals surface area contributed by atoms with E-state index in [1.807, 2.05) is 6.07 Å². The second-order valence-corrected chi connectivity index (χ2v) is 6.07. The van der Waals surface area contributed by atoms with Crippen molar-refractivity contribution in [2.24, 2.45) is 0 Å². The molecular formula is C20H25N3O3. The molecule has 26 heavy (non-hydrogen) atoms. The van der Waals surface area contributed by atoms with Gasteiger partial charge in [-0.15, -0.1) is 0 Å². The standard InChI is InChI=1S/C19H21N3O3.CH4/c23-17(14-8-10-20-11-9-14)16(19(25)22-12-4-5-13-22)21-18(24)15-6-2-1-3-7-15;/h1-3,6-11,16-17,23H,4-5,12-13H2,(H,21,24);1H4/t16-,17+;/m1./s1. The Morgan fingerprint density at radius 1 is 1.04 bits per heavy atom. The van der Waals surface area contributed by atoms with Gasteiger partial charge >= 0.3 is 0 Å². The zero-order chi connectivity index (χ0) is 17.6. The average molecular weight is 355 g/mol. The van der Waals surface area contributed by atoms with Gasteiger partial charge < -0.3 is 15.3 Å². The minimum absolute atomic E-state index is 0. The molecule has 0 spiro atoms. The van der Waals surface area contributed by atoms with Crippen molar-refractivity contribution >= 4 is 11.8 Å². The smallest absolute Gasteiger partial charge is 0.252 e. The van der Waals surface area contributed by atoms with Gasteiger partial charge in [-0.1, -0.05) is 25.6 Å². The highest BCUT2D eigenvalue weighted by Crippen LogP contribution is 2.20. The Bertz CT molecular complexity index is 716. The van der Waals surface area contributed by atoms with Gasteiger partial charge in [0.15, 0.2) is 0 Å². The van der Waals surface area contributed by atoms with Crippen molar-refractivity contribution in [3.05, 3.63) is 66.0 Å². The van der Waals surface area contributed by atoms with E-state index in [9.17, 15) is 14.7 Å². The molecule has 3 rings (SSSR count). The molecule has 2 heterocycles. The van der Waals surface area contributed by atoms with Crippen LogP contribution in [0.5, 0.6) is 0 Å². The third-order valence-corrected chi connectivity index (χ3v) is 4.37. The van der Waals surface area contributed by atoms with E-state index in [1.165, 1.54) is 0 Å². The minimum Gasteiger partial charge on any atom is -0.386 e. The molecule has 1 aliphatic heterocycles. The molecule has 1 aliphatic rings. The number of hydrogen-bond acceptors (Lipinski definition) is 4. The molecule has 1 saturated heterocycles. The molecule has 0 radical (unpaired) electrons. The van der Waals surface area contributed by atoms with Gasteiger partial charge in [-0.25, -0.2) is 0 Å². The topological polar surface area (TPSA) is 82.5 Å². The molecule has 2 amide bonds. The van der Waals surface area contributed by atoms with Crippen molar-refractivity contribution in [3.8, 4) is 0 Å². The molecule has 0 aliphatic carbocycles. The zero-order valence-corrected chi connectivity index (χ0v) is 13.8. The fourth-order valence-electron chi connectivity index (χ4n) is 2.98. The third kappa shape index (κ3) is 4.46. The second kappa shape index (κ2) is 9.10. The molecular weight excluding hydrogens is 330 g/mol. The Hall–Kier alpha value is -2.73. The van der Waals surface area contributed by atoms with Gasteiger partial charge in [0.05, 0.1) is 0 Å². The van der Waals surface area contributed by atoms with Gasteiger partial charge in [-0.05, 0) is 42.7 Å². The molecule has 1 aromatic carbocycles. The van der Waals surface area contributed by atoms with Gasteiger partial charge in [0.1, 0.15) is 12.1 Å². The summed E-state index contributed by atoms with van der Waals surface area (Å²) < 4.78 is 0. The number of aromatic nitrogens is 1. The van der Waals surface area contributed by atoms with Gasteiger partial charge in [0.2, 0.25) is 5.91 Å². The third-order valence-electron chi connectivity index (χ3n) is 4.37. The van der Waals surface area contributed by atoms with Gasteiger partial charge in [-0.2, -0.15) is 0 Å². The second-order valence-electron chi connectivity index (χ2n) is 6.07. The summed E-state index contributed by atoms with van der Waals surface area (Å²) in [5.74, 6) is -0.641. The van der Waals surface area contributed by atoms with Crippen LogP contribution in [0.1, 0.15) is 42.3 Å². The summed E-state index contributed by atoms with van der Waals surface area (Å²) >= 11 is 0. The Balaban J connectivity index is 0.00000243. The van der Waals surface area contributed by atoms with Gasteiger partial charge in [-0.3, -0.25) is 14.6 Å². The summed E-state index contributed by atoms with van der Waals surface area (Å²) in [4.78, 5) is 31.0. The fourth-order valence-corrected chi connectivity index (χ4v) is 2.98. The Morgan fingerprint density at radius 2 is 1.65 bits per heavy atom. The molecule has 0 bridgehead atoms. The zero-order valence-electron chi connectivity index (χ0n) is 13.8. The molecule has 138 valence electrons. The van der Waals surface area contributed by atoms with Gasteiger partial charge in [0.25, 0.3) is 5.91 Å². The summed E-state index contributed by atoms with van der Waals surface area (Å²) in [6.45, 7) is 1.30. The van der Waals surface area contributed by atoms with Crippen molar-refractivity contribution < 1.29 is 14.7 Å². The molecule has 6 nitrogen and oxygen atoms in total. The van der Waals surface area contributed by atoms with Crippen LogP contribution in [0.25, 0.3) is 0 Å². The SMILES string of the molecule is C.O=C(N[C@@H](C(=O)N1CCCC1)[C@@H](O)c1ccncc1)c1ccccc1. The van der Waals surface area contributed by atoms with Crippen LogP contribution in [0, 0.1) is 0 Å². The lowest BCUT2D eigenvalue weighted by molar-refractivity contribution is -0.135. The largest absolute Gasteiger partial charge is 0.386 e. The maximum absolute atomic E-state index is 12.9. The molecule has 6 heteroatoms. The van der Waals surface area contributed by atoms with E-state index >= 15 is 0 Å². The molecule has 2 aromatic rings. The lowest BCUT2D eigenvalue weighted by Gasteiger charge is -2.28. The van der Waals surface area contributed by atoms with Crippen LogP contribution in [-0.4, -0.2) is 45.9 Å². The highest BCUT2D eigenvalue weighted by Gasteiger charge is 2.34. The minimum atomic E-state index is -1.14. The van der Waals surface area contributed by atoms with Crippen molar-refractivity contribution in [2.75, 3.05) is 13.1 Å². The van der Waals surface area contributed by atoms with E-state index < -0.39 is 12.1 Å². The molecule has 1 fully saturated rings. The van der Waals surface area contributed by atoms with Crippen molar-refractivity contribution in [3.63, 3.8) is 0 Å². The predicted molar refractivity (Wildman–Crippen MR) is 99.4 cm³/mol. The maximum Gasteiger partial charge on any atom is 0.252 e. The van der Waals surface area contributed by atoms with Crippen LogP contribution >= 0.6 is 0 Å². The first-order valence-electron chi connectivity index (χ1n) is 8.39. The number of pyridine rings is 1. The number of carbonyl (C=O) groups excluding carboxylic acids is 2. The van der Waals surface area contributed by atoms with Crippen molar-refractivity contribution in [1.82, 2.24) is 15.2 Å². The van der Waals surface area contributed by atoms with E-state index in [-0.39, 0.29) is 19.2 Å². The molecule has 2 N–H and O–H groups in total. The van der Waals surface area contributed by atoms with Crippen molar-refractivity contribution in [1.29, 1.82) is 0 Å². The molecule has 2 atom stereocenters. The predicted octanol–water partition coefficient (Wildman–Crippen LogP) is 2.17. The average Bonchev–Trinajstić information content (AvgIpc) is 3.21. The number of likely N-dealkylation sites (tertiary alicyclic amines) is 1. The Labute approximate surface area is 153 Å². The van der Waals surface area contributed by atoms with Gasteiger partial charge in [0, 0.05) is 31.0 Å². The summed E-state index contributed by atoms with van der Waals surface area (Å²) in [7, 11) is 0. The monoisotopic (exact) mass is 355 g/mol. The maximum atomic E-state index is 12.9. The van der Waals surface area contributed by atoms with Crippen molar-refractivity contribution in [2.45, 2.75) is 32.4 Å². The summed E-state index contributed by atoms with van der Waals surface area (Å²) in [5, 5.41) is 13.4. The van der Waals surface area contributed by atoms with Crippen LogP contribution in [0.15, 0.2) is 54.9 Å². The van der Waals surface area contributed by atoms with Crippen LogP contribution in [0.2, 0.25) is 0 Å². The first-order valence-corrected chi connectivity index (χ1v) is 8.39. The van der Waals surface area contributed by atoms with E-state index in [1.54, 1.807) is 53.7 Å². The van der Waals surface area contributed by atoms with Crippen LogP contribution in [0.4, 0.5) is 0 Å². The molecule has 0 saturated carbocycles. The quantitative estimate of drug-likeness (QED) is 0.861. The Kier molecular flexibility index (Phi) is 6.86. The number of aliphatic hydroxyl groups is 1. The fraction of sp³-hybridized carbons (Fsp3) is 0.350.